The summed E-state index contributed by atoms with van der Waals surface area (Å²) in [6, 6.07) is 18.9. The highest BCUT2D eigenvalue weighted by molar-refractivity contribution is 5.92. The molecule has 1 aliphatic rings. The van der Waals surface area contributed by atoms with E-state index in [4.69, 9.17) is 10.2 Å². The van der Waals surface area contributed by atoms with Crippen molar-refractivity contribution in [3.05, 3.63) is 95.4 Å². The fraction of sp³-hybridized carbons (Fsp3) is 0.179. The summed E-state index contributed by atoms with van der Waals surface area (Å²) in [5, 5.41) is 9.76. The lowest BCUT2D eigenvalue weighted by atomic mass is 9.96. The van der Waals surface area contributed by atoms with Crippen molar-refractivity contribution in [2.45, 2.75) is 25.9 Å². The van der Waals surface area contributed by atoms with Gasteiger partial charge in [-0.15, -0.1) is 5.10 Å². The van der Waals surface area contributed by atoms with Crippen LogP contribution in [0.2, 0.25) is 0 Å². The largest absolute Gasteiger partial charge is 0.461 e. The molecule has 0 radical (unpaired) electrons. The first-order valence-corrected chi connectivity index (χ1v) is 12.4. The van der Waals surface area contributed by atoms with Gasteiger partial charge in [-0.1, -0.05) is 54.1 Å². The molecule has 2 aromatic carbocycles. The summed E-state index contributed by atoms with van der Waals surface area (Å²) in [7, 11) is 0. The van der Waals surface area contributed by atoms with Crippen LogP contribution in [0.3, 0.4) is 0 Å². The van der Waals surface area contributed by atoms with Gasteiger partial charge >= 0.3 is 0 Å². The molecule has 10 nitrogen and oxygen atoms in total. The fourth-order valence-corrected chi connectivity index (χ4v) is 5.20. The minimum Gasteiger partial charge on any atom is -0.461 e. The number of fused-ring (bicyclic) bond motifs is 4. The number of hydrogen-bond acceptors (Lipinski definition) is 7. The van der Waals surface area contributed by atoms with Crippen molar-refractivity contribution in [3.8, 4) is 11.6 Å². The molecule has 0 saturated heterocycles. The van der Waals surface area contributed by atoms with Gasteiger partial charge in [0, 0.05) is 13.1 Å². The minimum absolute atomic E-state index is 0.0497. The lowest BCUT2D eigenvalue weighted by Crippen LogP contribution is -2.41. The molecule has 2 N–H and O–H groups in total. The summed E-state index contributed by atoms with van der Waals surface area (Å²) in [6.07, 6.45) is 4.03. The van der Waals surface area contributed by atoms with Gasteiger partial charge in [0.15, 0.2) is 23.1 Å². The number of nitrogens with two attached hydrogens (primary N) is 1. The summed E-state index contributed by atoms with van der Waals surface area (Å²) in [5.74, 6) is 1.00. The molecule has 10 heteroatoms. The fourth-order valence-electron chi connectivity index (χ4n) is 5.20. The topological polar surface area (TPSA) is 120 Å². The molecule has 1 aliphatic heterocycles. The average Bonchev–Trinajstić information content (AvgIpc) is 3.69. The highest BCUT2D eigenvalue weighted by atomic mass is 16.3. The van der Waals surface area contributed by atoms with Gasteiger partial charge < -0.3 is 15.1 Å². The molecule has 0 aliphatic carbocycles. The van der Waals surface area contributed by atoms with Crippen molar-refractivity contribution in [1.29, 1.82) is 0 Å². The van der Waals surface area contributed by atoms with E-state index in [2.05, 4.69) is 45.3 Å². The molecule has 0 fully saturated rings. The van der Waals surface area contributed by atoms with Crippen molar-refractivity contribution in [3.63, 3.8) is 0 Å². The molecule has 7 rings (SSSR count). The summed E-state index contributed by atoms with van der Waals surface area (Å²) in [6.45, 7) is 3.26. The number of carbonyl (C=O) groups is 1. The quantitative estimate of drug-likeness (QED) is 0.388. The third-order valence-electron chi connectivity index (χ3n) is 7.08. The smallest absolute Gasteiger partial charge is 0.252 e. The molecular formula is C28H24N8O2. The van der Waals surface area contributed by atoms with E-state index in [9.17, 15) is 4.79 Å². The molecule has 1 amide bonds. The Morgan fingerprint density at radius 1 is 1.03 bits per heavy atom. The first kappa shape index (κ1) is 22.2. The molecule has 4 aromatic heterocycles. The van der Waals surface area contributed by atoms with E-state index in [1.807, 2.05) is 35.2 Å². The maximum absolute atomic E-state index is 14.2. The van der Waals surface area contributed by atoms with Crippen LogP contribution in [0.4, 0.5) is 5.95 Å². The molecule has 188 valence electrons. The summed E-state index contributed by atoms with van der Waals surface area (Å²) < 4.78 is 8.58. The minimum atomic E-state index is -0.720. The second-order valence-electron chi connectivity index (χ2n) is 9.54. The van der Waals surface area contributed by atoms with Gasteiger partial charge in [0.05, 0.1) is 17.8 Å². The Hall–Kier alpha value is -4.99. The van der Waals surface area contributed by atoms with Crippen LogP contribution in [0.25, 0.3) is 28.3 Å². The van der Waals surface area contributed by atoms with Gasteiger partial charge in [-0.05, 0) is 42.2 Å². The van der Waals surface area contributed by atoms with E-state index in [0.717, 1.165) is 12.0 Å². The van der Waals surface area contributed by atoms with Crippen LogP contribution in [-0.4, -0.2) is 46.7 Å². The molecule has 38 heavy (non-hydrogen) atoms. The number of rotatable bonds is 4. The van der Waals surface area contributed by atoms with Crippen molar-refractivity contribution in [2.75, 3.05) is 12.3 Å². The zero-order valence-electron chi connectivity index (χ0n) is 20.7. The van der Waals surface area contributed by atoms with Crippen LogP contribution < -0.4 is 5.73 Å². The number of furan rings is 1. The summed E-state index contributed by atoms with van der Waals surface area (Å²) in [5.41, 5.74) is 11.7. The SMILES string of the molecule is Cc1ccc2c(c1)CN(C(=O)C(c1ccccc1)n1ncc3c1nc(N)n1nc(-c4ccco4)nc31)CC2. The van der Waals surface area contributed by atoms with Crippen molar-refractivity contribution < 1.29 is 9.21 Å². The lowest BCUT2D eigenvalue weighted by molar-refractivity contribution is -0.134. The van der Waals surface area contributed by atoms with Gasteiger partial charge in [0.2, 0.25) is 11.8 Å². The zero-order chi connectivity index (χ0) is 25.8. The predicted molar refractivity (Wildman–Crippen MR) is 141 cm³/mol. The van der Waals surface area contributed by atoms with Crippen molar-refractivity contribution >= 4 is 28.5 Å². The summed E-state index contributed by atoms with van der Waals surface area (Å²) >= 11 is 0. The number of anilines is 1. The number of nitrogens with zero attached hydrogens (tertiary/aromatic N) is 7. The van der Waals surface area contributed by atoms with Gasteiger partial charge in [0.25, 0.3) is 5.91 Å². The Morgan fingerprint density at radius 3 is 2.71 bits per heavy atom. The van der Waals surface area contributed by atoms with E-state index in [0.29, 0.717) is 41.4 Å². The summed E-state index contributed by atoms with van der Waals surface area (Å²) in [4.78, 5) is 25.4. The predicted octanol–water partition coefficient (Wildman–Crippen LogP) is 3.80. The zero-order valence-corrected chi connectivity index (χ0v) is 20.7. The highest BCUT2D eigenvalue weighted by Crippen LogP contribution is 2.30. The first-order chi connectivity index (χ1) is 18.6. The molecule has 6 aromatic rings. The second-order valence-corrected chi connectivity index (χ2v) is 9.54. The number of amides is 1. The standard InChI is InChI=1S/C28H24N8O2/c1-17-9-10-18-11-12-34(16-20(18)14-17)27(37)23(19-6-3-2-4-7-19)35-26-21(15-30-35)25-31-24(22-8-5-13-38-22)33-36(25)28(29)32-26/h2-10,13-15,23H,11-12,16H2,1H3,(H2,29,32). The first-order valence-electron chi connectivity index (χ1n) is 12.4. The van der Waals surface area contributed by atoms with Crippen LogP contribution >= 0.6 is 0 Å². The molecule has 0 spiro atoms. The Morgan fingerprint density at radius 2 is 1.89 bits per heavy atom. The maximum atomic E-state index is 14.2. The monoisotopic (exact) mass is 504 g/mol. The molecular weight excluding hydrogens is 480 g/mol. The molecule has 1 unspecified atom stereocenters. The van der Waals surface area contributed by atoms with Crippen LogP contribution in [0.1, 0.15) is 28.3 Å². The van der Waals surface area contributed by atoms with E-state index < -0.39 is 6.04 Å². The lowest BCUT2D eigenvalue weighted by Gasteiger charge is -2.32. The van der Waals surface area contributed by atoms with Gasteiger partial charge in [-0.2, -0.15) is 14.6 Å². The number of benzene rings is 2. The van der Waals surface area contributed by atoms with Crippen molar-refractivity contribution in [2.24, 2.45) is 0 Å². The van der Waals surface area contributed by atoms with E-state index in [1.54, 1.807) is 29.3 Å². The molecule has 5 heterocycles. The third kappa shape index (κ3) is 3.52. The maximum Gasteiger partial charge on any atom is 0.252 e. The number of nitrogen functional groups attached to an aromatic ring is 1. The molecule has 1 atom stereocenters. The number of aromatic nitrogens is 6. The Balaban J connectivity index is 1.35. The number of carbonyl (C=O) groups excluding carboxylic acids is 1. The van der Waals surface area contributed by atoms with Gasteiger partial charge in [0.1, 0.15) is 0 Å². The van der Waals surface area contributed by atoms with Crippen LogP contribution in [-0.2, 0) is 17.8 Å². The normalized spacial score (nSPS) is 14.2. The van der Waals surface area contributed by atoms with Crippen LogP contribution in [0, 0.1) is 6.92 Å². The van der Waals surface area contributed by atoms with E-state index >= 15 is 0 Å². The Labute approximate surface area is 217 Å². The van der Waals surface area contributed by atoms with Crippen molar-refractivity contribution in [1.82, 2.24) is 34.3 Å². The van der Waals surface area contributed by atoms with E-state index in [-0.39, 0.29) is 11.9 Å². The Bertz CT molecular complexity index is 1800. The van der Waals surface area contributed by atoms with Crippen LogP contribution in [0.5, 0.6) is 0 Å². The average molecular weight is 505 g/mol. The van der Waals surface area contributed by atoms with Gasteiger partial charge in [-0.25, -0.2) is 9.67 Å². The van der Waals surface area contributed by atoms with E-state index in [1.165, 1.54) is 21.2 Å². The molecule has 0 saturated carbocycles. The molecule has 0 bridgehead atoms. The second kappa shape index (κ2) is 8.55. The van der Waals surface area contributed by atoms with Crippen LogP contribution in [0.15, 0.2) is 77.5 Å². The van der Waals surface area contributed by atoms with Gasteiger partial charge in [-0.3, -0.25) is 4.79 Å². The number of hydrogen-bond donors (Lipinski definition) is 1. The highest BCUT2D eigenvalue weighted by Gasteiger charge is 2.32. The Kier molecular flexibility index (Phi) is 5.00. The number of aryl methyl sites for hydroxylation is 1. The third-order valence-corrected chi connectivity index (χ3v) is 7.08.